The zero-order chi connectivity index (χ0) is 26.8. The van der Waals surface area contributed by atoms with Gasteiger partial charge in [-0.1, -0.05) is 47.4 Å². The molecule has 0 bridgehead atoms. The van der Waals surface area contributed by atoms with E-state index in [0.29, 0.717) is 36.6 Å². The summed E-state index contributed by atoms with van der Waals surface area (Å²) in [5.41, 5.74) is 1.28. The van der Waals surface area contributed by atoms with Gasteiger partial charge in [-0.15, -0.1) is 0 Å². The highest BCUT2D eigenvalue weighted by atomic mass is 79.9. The van der Waals surface area contributed by atoms with Crippen molar-refractivity contribution < 1.29 is 18.7 Å². The summed E-state index contributed by atoms with van der Waals surface area (Å²) in [6.45, 7) is 3.71. The second-order valence-corrected chi connectivity index (χ2v) is 11.2. The largest absolute Gasteiger partial charge is 0.496 e. The summed E-state index contributed by atoms with van der Waals surface area (Å²) in [6, 6.07) is 18.4. The summed E-state index contributed by atoms with van der Waals surface area (Å²) < 4.78 is 19.4. The lowest BCUT2D eigenvalue weighted by atomic mass is 9.96. The normalized spacial score (nSPS) is 15.3. The number of methoxy groups -OCH3 is 1. The molecule has 0 fully saturated rings. The van der Waals surface area contributed by atoms with E-state index >= 15 is 0 Å². The number of fused-ring (bicyclic) bond motifs is 1. The summed E-state index contributed by atoms with van der Waals surface area (Å²) in [6.07, 6.45) is 1.71. The van der Waals surface area contributed by atoms with Crippen LogP contribution in [-0.2, 0) is 9.53 Å². The van der Waals surface area contributed by atoms with E-state index in [0.717, 1.165) is 15.6 Å². The average molecular weight is 612 g/mol. The van der Waals surface area contributed by atoms with Crippen molar-refractivity contribution in [1.29, 1.82) is 0 Å². The molecular formula is C28H23BrN2O5S2. The fourth-order valence-electron chi connectivity index (χ4n) is 4.16. The molecule has 1 aliphatic rings. The maximum atomic E-state index is 13.8. The smallest absolute Gasteiger partial charge is 0.338 e. The molecule has 0 radical (unpaired) electrons. The molecule has 0 amide bonds. The first-order chi connectivity index (χ1) is 18.4. The molecule has 1 aliphatic heterocycles. The molecule has 0 spiro atoms. The van der Waals surface area contributed by atoms with Crippen LogP contribution in [0.4, 0.5) is 0 Å². The molecule has 5 rings (SSSR count). The van der Waals surface area contributed by atoms with Crippen molar-refractivity contribution in [1.82, 2.24) is 4.57 Å². The van der Waals surface area contributed by atoms with Gasteiger partial charge in [0.25, 0.3) is 5.56 Å². The molecule has 194 valence electrons. The zero-order valence-electron chi connectivity index (χ0n) is 20.8. The summed E-state index contributed by atoms with van der Waals surface area (Å²) >= 11 is 6.28. The minimum absolute atomic E-state index is 0.209. The Morgan fingerprint density at radius 3 is 2.71 bits per heavy atom. The van der Waals surface area contributed by atoms with E-state index in [4.69, 9.17) is 13.9 Å². The third-order valence-electron chi connectivity index (χ3n) is 5.85. The number of hydrogen-bond acceptors (Lipinski definition) is 8. The summed E-state index contributed by atoms with van der Waals surface area (Å²) in [5, 5.41) is 0.719. The Morgan fingerprint density at radius 2 is 2.00 bits per heavy atom. The molecule has 38 heavy (non-hydrogen) atoms. The molecule has 4 aromatic rings. The van der Waals surface area contributed by atoms with Gasteiger partial charge in [0.2, 0.25) is 0 Å². The van der Waals surface area contributed by atoms with Crippen LogP contribution < -0.4 is 19.6 Å². The number of carbonyl (C=O) groups excluding carboxylic acids is 1. The molecule has 3 heterocycles. The fourth-order valence-corrected chi connectivity index (χ4v) is 6.54. The molecule has 0 saturated heterocycles. The van der Waals surface area contributed by atoms with Gasteiger partial charge in [0, 0.05) is 11.0 Å². The Morgan fingerprint density at radius 1 is 1.21 bits per heavy atom. The van der Waals surface area contributed by atoms with E-state index in [1.165, 1.54) is 23.1 Å². The van der Waals surface area contributed by atoms with E-state index in [1.54, 1.807) is 37.7 Å². The van der Waals surface area contributed by atoms with Crippen LogP contribution in [0.15, 0.2) is 101 Å². The van der Waals surface area contributed by atoms with E-state index in [9.17, 15) is 9.59 Å². The number of hydrogen-bond donors (Lipinski definition) is 0. The average Bonchev–Trinajstić information content (AvgIpc) is 3.47. The Bertz CT molecular complexity index is 1720. The van der Waals surface area contributed by atoms with Crippen molar-refractivity contribution in [2.75, 3.05) is 13.7 Å². The molecule has 0 N–H and O–H groups in total. The van der Waals surface area contributed by atoms with Crippen LogP contribution in [0.25, 0.3) is 6.08 Å². The molecule has 0 saturated carbocycles. The molecule has 0 aliphatic carbocycles. The van der Waals surface area contributed by atoms with E-state index in [-0.39, 0.29) is 12.2 Å². The van der Waals surface area contributed by atoms with Crippen molar-refractivity contribution >= 4 is 51.1 Å². The number of nitrogens with zero attached hydrogens (tertiary/aromatic N) is 2. The lowest BCUT2D eigenvalue weighted by molar-refractivity contribution is -0.139. The summed E-state index contributed by atoms with van der Waals surface area (Å²) in [7, 11) is 1.58. The van der Waals surface area contributed by atoms with Crippen molar-refractivity contribution in [2.24, 2.45) is 4.99 Å². The molecule has 2 aromatic heterocycles. The predicted octanol–water partition coefficient (Wildman–Crippen LogP) is 5.31. The number of carbonyl (C=O) groups is 1. The molecule has 10 heteroatoms. The zero-order valence-corrected chi connectivity index (χ0v) is 24.0. The van der Waals surface area contributed by atoms with Crippen LogP contribution >= 0.6 is 39.0 Å². The van der Waals surface area contributed by atoms with Gasteiger partial charge in [-0.2, -0.15) is 0 Å². The van der Waals surface area contributed by atoms with Crippen LogP contribution in [0.3, 0.4) is 0 Å². The van der Waals surface area contributed by atoms with Crippen molar-refractivity contribution in [3.63, 3.8) is 0 Å². The maximum Gasteiger partial charge on any atom is 0.338 e. The SMILES string of the molecule is CCOC(=O)C1=C(C)N=c2s/c(=C/c3ccc(Sc4ccccc4)o3)c(=O)n2[C@H]1c1ccc(OC)c(Br)c1. The maximum absolute atomic E-state index is 13.8. The fraction of sp³-hybridized carbons (Fsp3) is 0.179. The molecule has 1 atom stereocenters. The van der Waals surface area contributed by atoms with Crippen LogP contribution in [0.2, 0.25) is 0 Å². The van der Waals surface area contributed by atoms with Crippen molar-refractivity contribution in [3.05, 3.63) is 107 Å². The van der Waals surface area contributed by atoms with Crippen LogP contribution in [0, 0.1) is 0 Å². The number of ether oxygens (including phenoxy) is 2. The number of benzene rings is 2. The standard InChI is InChI=1S/C28H23BrN2O5S2/c1-4-35-27(33)24-16(2)30-28-31(25(24)17-10-12-21(34-3)20(29)14-17)26(32)22(38-28)15-18-11-13-23(36-18)37-19-8-6-5-7-9-19/h5-15,25H,4H2,1-3H3/b22-15+/t25-/m0/s1. The summed E-state index contributed by atoms with van der Waals surface area (Å²) in [5.74, 6) is 0.689. The third-order valence-corrected chi connectivity index (χ3v) is 8.38. The first kappa shape index (κ1) is 26.3. The van der Waals surface area contributed by atoms with Gasteiger partial charge in [0.05, 0.1) is 40.0 Å². The van der Waals surface area contributed by atoms with Crippen molar-refractivity contribution in [3.8, 4) is 5.75 Å². The Hall–Kier alpha value is -3.34. The number of allylic oxidation sites excluding steroid dienone is 1. The highest BCUT2D eigenvalue weighted by Crippen LogP contribution is 2.35. The highest BCUT2D eigenvalue weighted by molar-refractivity contribution is 9.10. The van der Waals surface area contributed by atoms with Crippen molar-refractivity contribution in [2.45, 2.75) is 29.9 Å². The Labute approximate surface area is 235 Å². The summed E-state index contributed by atoms with van der Waals surface area (Å²) in [4.78, 5) is 33.0. The van der Waals surface area contributed by atoms with Crippen LogP contribution in [0.1, 0.15) is 31.2 Å². The first-order valence-corrected chi connectivity index (χ1v) is 14.2. The van der Waals surface area contributed by atoms with Gasteiger partial charge in [-0.25, -0.2) is 9.79 Å². The number of furan rings is 1. The number of aromatic nitrogens is 1. The second kappa shape index (κ2) is 11.2. The van der Waals surface area contributed by atoms with Crippen LogP contribution in [0.5, 0.6) is 5.75 Å². The number of halogens is 1. The van der Waals surface area contributed by atoms with E-state index in [1.807, 2.05) is 54.6 Å². The van der Waals surface area contributed by atoms with Crippen LogP contribution in [-0.4, -0.2) is 24.3 Å². The van der Waals surface area contributed by atoms with Gasteiger partial charge >= 0.3 is 5.97 Å². The Balaban J connectivity index is 1.60. The lowest BCUT2D eigenvalue weighted by Gasteiger charge is -2.25. The second-order valence-electron chi connectivity index (χ2n) is 8.27. The highest BCUT2D eigenvalue weighted by Gasteiger charge is 2.33. The monoisotopic (exact) mass is 610 g/mol. The minimum Gasteiger partial charge on any atom is -0.496 e. The predicted molar refractivity (Wildman–Crippen MR) is 150 cm³/mol. The van der Waals surface area contributed by atoms with Gasteiger partial charge in [0.15, 0.2) is 9.89 Å². The molecular weight excluding hydrogens is 588 g/mol. The molecule has 2 aromatic carbocycles. The lowest BCUT2D eigenvalue weighted by Crippen LogP contribution is -2.39. The topological polar surface area (TPSA) is 83.0 Å². The van der Waals surface area contributed by atoms with Gasteiger partial charge < -0.3 is 13.9 Å². The number of rotatable bonds is 7. The van der Waals surface area contributed by atoms with Gasteiger partial charge in [-0.05, 0) is 71.7 Å². The number of esters is 1. The molecule has 0 unspecified atom stereocenters. The first-order valence-electron chi connectivity index (χ1n) is 11.8. The molecule has 7 nitrogen and oxygen atoms in total. The van der Waals surface area contributed by atoms with Gasteiger partial charge in [0.1, 0.15) is 11.5 Å². The third kappa shape index (κ3) is 5.16. The minimum atomic E-state index is -0.713. The van der Waals surface area contributed by atoms with E-state index in [2.05, 4.69) is 20.9 Å². The van der Waals surface area contributed by atoms with Gasteiger partial charge in [-0.3, -0.25) is 9.36 Å². The Kier molecular flexibility index (Phi) is 7.73. The number of thiazole rings is 1. The quantitative estimate of drug-likeness (QED) is 0.264. The van der Waals surface area contributed by atoms with E-state index < -0.39 is 12.0 Å².